The van der Waals surface area contributed by atoms with Gasteiger partial charge in [0.15, 0.2) is 0 Å². The van der Waals surface area contributed by atoms with Crippen LogP contribution >= 0.6 is 0 Å². The number of rotatable bonds is 5. The first kappa shape index (κ1) is 18.6. The third-order valence-electron chi connectivity index (χ3n) is 5.59. The lowest BCUT2D eigenvalue weighted by Crippen LogP contribution is -2.24. The maximum atomic E-state index is 12.4. The summed E-state index contributed by atoms with van der Waals surface area (Å²) in [7, 11) is 2.14. The first-order chi connectivity index (χ1) is 14.7. The van der Waals surface area contributed by atoms with Gasteiger partial charge in [0.1, 0.15) is 5.82 Å². The summed E-state index contributed by atoms with van der Waals surface area (Å²) >= 11 is 0. The van der Waals surface area contributed by atoms with Crippen LogP contribution < -0.4 is 5.32 Å². The van der Waals surface area contributed by atoms with Crippen molar-refractivity contribution < 1.29 is 4.79 Å². The first-order valence-corrected chi connectivity index (χ1v) is 10.3. The Morgan fingerprint density at radius 1 is 0.933 bits per heavy atom. The number of imidazole rings is 1. The molecule has 0 aliphatic carbocycles. The number of carbonyl (C=O) groups is 1. The Hall–Kier alpha value is -3.44. The first-order valence-electron chi connectivity index (χ1n) is 10.3. The second-order valence-electron chi connectivity index (χ2n) is 7.87. The Balaban J connectivity index is 1.41. The van der Waals surface area contributed by atoms with Gasteiger partial charge >= 0.3 is 0 Å². The molecule has 3 aromatic carbocycles. The lowest BCUT2D eigenvalue weighted by molar-refractivity contribution is 0.0956. The Bertz CT molecular complexity index is 1200. The molecule has 0 fully saturated rings. The van der Waals surface area contributed by atoms with Crippen LogP contribution in [0.2, 0.25) is 0 Å². The van der Waals surface area contributed by atoms with E-state index < -0.39 is 0 Å². The Morgan fingerprint density at radius 3 is 2.43 bits per heavy atom. The third-order valence-corrected chi connectivity index (χ3v) is 5.59. The highest BCUT2D eigenvalue weighted by Crippen LogP contribution is 2.28. The van der Waals surface area contributed by atoms with Crippen molar-refractivity contribution in [3.05, 3.63) is 89.5 Å². The van der Waals surface area contributed by atoms with Crippen molar-refractivity contribution >= 4 is 16.9 Å². The molecule has 0 saturated heterocycles. The van der Waals surface area contributed by atoms with E-state index in [2.05, 4.69) is 70.4 Å². The zero-order valence-electron chi connectivity index (χ0n) is 17.0. The zero-order valence-corrected chi connectivity index (χ0v) is 17.0. The van der Waals surface area contributed by atoms with Gasteiger partial charge in [0, 0.05) is 31.7 Å². The van der Waals surface area contributed by atoms with Crippen LogP contribution in [0.5, 0.6) is 0 Å². The van der Waals surface area contributed by atoms with Gasteiger partial charge in [-0.3, -0.25) is 9.69 Å². The number of benzene rings is 3. The number of hydrogen-bond donors (Lipinski definition) is 1. The SMILES string of the molecule is CN(Cc1ccccc1)Cc1ccc(-c2nc3cccc4c3n2CCNC4=O)cc1. The number of para-hydroxylation sites is 1. The Kier molecular flexibility index (Phi) is 4.81. The van der Waals surface area contributed by atoms with Gasteiger partial charge in [-0.2, -0.15) is 0 Å². The van der Waals surface area contributed by atoms with Crippen LogP contribution in [0.1, 0.15) is 21.5 Å². The van der Waals surface area contributed by atoms with Crippen LogP contribution in [0.3, 0.4) is 0 Å². The average Bonchev–Trinajstić information content (AvgIpc) is 3.04. The molecule has 0 saturated carbocycles. The normalized spacial score (nSPS) is 13.5. The van der Waals surface area contributed by atoms with Crippen LogP contribution in [-0.4, -0.2) is 34.0 Å². The maximum absolute atomic E-state index is 12.4. The Morgan fingerprint density at radius 2 is 1.67 bits per heavy atom. The second-order valence-corrected chi connectivity index (χ2v) is 7.87. The molecule has 150 valence electrons. The summed E-state index contributed by atoms with van der Waals surface area (Å²) in [5, 5.41) is 2.97. The number of aromatic nitrogens is 2. The van der Waals surface area contributed by atoms with Gasteiger partial charge in [-0.05, 0) is 30.3 Å². The van der Waals surface area contributed by atoms with Crippen LogP contribution in [0.15, 0.2) is 72.8 Å². The van der Waals surface area contributed by atoms with Crippen LogP contribution in [0, 0.1) is 0 Å². The van der Waals surface area contributed by atoms with Crippen molar-refractivity contribution in [2.75, 3.05) is 13.6 Å². The van der Waals surface area contributed by atoms with Crippen molar-refractivity contribution in [3.63, 3.8) is 0 Å². The summed E-state index contributed by atoms with van der Waals surface area (Å²) in [5.74, 6) is 0.890. The van der Waals surface area contributed by atoms with Crippen molar-refractivity contribution in [3.8, 4) is 11.4 Å². The molecule has 5 rings (SSSR count). The number of amides is 1. The van der Waals surface area contributed by atoms with E-state index in [0.717, 1.165) is 42.1 Å². The largest absolute Gasteiger partial charge is 0.350 e. The minimum absolute atomic E-state index is 0.0254. The third kappa shape index (κ3) is 3.48. The molecule has 4 aromatic rings. The van der Waals surface area contributed by atoms with E-state index in [4.69, 9.17) is 4.98 Å². The predicted molar refractivity (Wildman–Crippen MR) is 119 cm³/mol. The molecule has 0 radical (unpaired) electrons. The van der Waals surface area contributed by atoms with Gasteiger partial charge < -0.3 is 9.88 Å². The quantitative estimate of drug-likeness (QED) is 0.553. The minimum Gasteiger partial charge on any atom is -0.350 e. The molecule has 5 nitrogen and oxygen atoms in total. The molecule has 1 aliphatic heterocycles. The van der Waals surface area contributed by atoms with Crippen molar-refractivity contribution in [1.82, 2.24) is 19.8 Å². The standard InChI is InChI=1S/C25H24N4O/c1-28(16-18-6-3-2-4-7-18)17-19-10-12-20(13-11-19)24-27-22-9-5-8-21-23(22)29(24)15-14-26-25(21)30/h2-13H,14-17H2,1H3,(H,26,30). The molecule has 1 amide bonds. The molecule has 2 heterocycles. The van der Waals surface area contributed by atoms with Crippen molar-refractivity contribution in [1.29, 1.82) is 0 Å². The summed E-state index contributed by atoms with van der Waals surface area (Å²) < 4.78 is 2.17. The molecular weight excluding hydrogens is 372 g/mol. The van der Waals surface area contributed by atoms with Gasteiger partial charge in [-0.15, -0.1) is 0 Å². The molecule has 5 heteroatoms. The molecule has 30 heavy (non-hydrogen) atoms. The van der Waals surface area contributed by atoms with Crippen LogP contribution in [0.25, 0.3) is 22.4 Å². The molecular formula is C25H24N4O. The minimum atomic E-state index is -0.0254. The molecule has 0 atom stereocenters. The predicted octanol–water partition coefficient (Wildman–Crippen LogP) is 4.08. The Labute approximate surface area is 176 Å². The summed E-state index contributed by atoms with van der Waals surface area (Å²) in [5.41, 5.74) is 6.14. The van der Waals surface area contributed by atoms with E-state index >= 15 is 0 Å². The summed E-state index contributed by atoms with van der Waals surface area (Å²) in [6.45, 7) is 3.13. The summed E-state index contributed by atoms with van der Waals surface area (Å²) in [4.78, 5) is 19.5. The van der Waals surface area contributed by atoms with Gasteiger partial charge in [-0.25, -0.2) is 4.98 Å². The van der Waals surface area contributed by atoms with Crippen LogP contribution in [0.4, 0.5) is 0 Å². The lowest BCUT2D eigenvalue weighted by Gasteiger charge is -2.17. The van der Waals surface area contributed by atoms with E-state index in [9.17, 15) is 4.79 Å². The monoisotopic (exact) mass is 396 g/mol. The van der Waals surface area contributed by atoms with Gasteiger partial charge in [0.05, 0.1) is 16.6 Å². The molecule has 0 spiro atoms. The number of nitrogens with one attached hydrogen (secondary N) is 1. The van der Waals surface area contributed by atoms with Crippen molar-refractivity contribution in [2.24, 2.45) is 0 Å². The molecule has 1 aromatic heterocycles. The smallest absolute Gasteiger partial charge is 0.253 e. The highest BCUT2D eigenvalue weighted by atomic mass is 16.1. The lowest BCUT2D eigenvalue weighted by atomic mass is 10.1. The fourth-order valence-corrected chi connectivity index (χ4v) is 4.21. The molecule has 0 unspecified atom stereocenters. The fourth-order valence-electron chi connectivity index (χ4n) is 4.21. The van der Waals surface area contributed by atoms with Gasteiger partial charge in [-0.1, -0.05) is 60.7 Å². The number of hydrogen-bond acceptors (Lipinski definition) is 3. The molecule has 0 bridgehead atoms. The van der Waals surface area contributed by atoms with Crippen LogP contribution in [-0.2, 0) is 19.6 Å². The molecule has 1 aliphatic rings. The average molecular weight is 396 g/mol. The van der Waals surface area contributed by atoms with E-state index in [1.807, 2.05) is 24.3 Å². The number of nitrogens with zero attached hydrogens (tertiary/aromatic N) is 3. The topological polar surface area (TPSA) is 50.2 Å². The summed E-state index contributed by atoms with van der Waals surface area (Å²) in [6, 6.07) is 24.9. The van der Waals surface area contributed by atoms with Crippen molar-refractivity contribution in [2.45, 2.75) is 19.6 Å². The second kappa shape index (κ2) is 7.76. The summed E-state index contributed by atoms with van der Waals surface area (Å²) in [6.07, 6.45) is 0. The fraction of sp³-hybridized carbons (Fsp3) is 0.200. The zero-order chi connectivity index (χ0) is 20.5. The highest BCUT2D eigenvalue weighted by molar-refractivity contribution is 6.06. The highest BCUT2D eigenvalue weighted by Gasteiger charge is 2.21. The van der Waals surface area contributed by atoms with E-state index in [0.29, 0.717) is 12.1 Å². The van der Waals surface area contributed by atoms with E-state index in [1.165, 1.54) is 11.1 Å². The van der Waals surface area contributed by atoms with Gasteiger partial charge in [0.2, 0.25) is 0 Å². The van der Waals surface area contributed by atoms with E-state index in [1.54, 1.807) is 0 Å². The maximum Gasteiger partial charge on any atom is 0.253 e. The van der Waals surface area contributed by atoms with Gasteiger partial charge in [0.25, 0.3) is 5.91 Å². The molecule has 1 N–H and O–H groups in total. The number of carbonyl (C=O) groups excluding carboxylic acids is 1. The van der Waals surface area contributed by atoms with E-state index in [-0.39, 0.29) is 5.91 Å².